The Labute approximate surface area is 124 Å². The molecule has 2 heteroatoms. The maximum absolute atomic E-state index is 3.49. The lowest BCUT2D eigenvalue weighted by Crippen LogP contribution is -2.36. The molecule has 0 unspecified atom stereocenters. The molecule has 1 heterocycles. The number of hydrogen-bond donors (Lipinski definition) is 1. The predicted octanol–water partition coefficient (Wildman–Crippen LogP) is 3.33. The summed E-state index contributed by atoms with van der Waals surface area (Å²) in [5, 5.41) is 3.49. The minimum absolute atomic E-state index is 0.895. The molecular formula is C18H30N2. The second-order valence-electron chi connectivity index (χ2n) is 6.08. The van der Waals surface area contributed by atoms with Gasteiger partial charge in [0.05, 0.1) is 0 Å². The molecule has 0 saturated carbocycles. The molecule has 2 rings (SSSR count). The van der Waals surface area contributed by atoms with Crippen LogP contribution >= 0.6 is 0 Å². The Morgan fingerprint density at radius 1 is 1.10 bits per heavy atom. The SMILES string of the molecule is CCCNCCCN1CCC(Cc2ccccc2)CC1. The molecule has 0 atom stereocenters. The molecule has 112 valence electrons. The fourth-order valence-corrected chi connectivity index (χ4v) is 3.09. The van der Waals surface area contributed by atoms with E-state index in [1.54, 1.807) is 0 Å². The van der Waals surface area contributed by atoms with E-state index >= 15 is 0 Å². The largest absolute Gasteiger partial charge is 0.317 e. The normalized spacial score (nSPS) is 17.4. The van der Waals surface area contributed by atoms with Crippen LogP contribution in [0.25, 0.3) is 0 Å². The molecule has 1 N–H and O–H groups in total. The second-order valence-corrected chi connectivity index (χ2v) is 6.08. The van der Waals surface area contributed by atoms with Gasteiger partial charge in [-0.3, -0.25) is 0 Å². The first-order valence-electron chi connectivity index (χ1n) is 8.35. The lowest BCUT2D eigenvalue weighted by atomic mass is 9.90. The van der Waals surface area contributed by atoms with Crippen LogP contribution < -0.4 is 5.32 Å². The maximum atomic E-state index is 3.49. The molecule has 1 aliphatic rings. The van der Waals surface area contributed by atoms with E-state index < -0.39 is 0 Å². The van der Waals surface area contributed by atoms with Crippen LogP contribution in [0.15, 0.2) is 30.3 Å². The van der Waals surface area contributed by atoms with Crippen molar-refractivity contribution in [1.29, 1.82) is 0 Å². The van der Waals surface area contributed by atoms with Gasteiger partial charge in [0.1, 0.15) is 0 Å². The summed E-state index contributed by atoms with van der Waals surface area (Å²) >= 11 is 0. The first-order valence-corrected chi connectivity index (χ1v) is 8.35. The van der Waals surface area contributed by atoms with E-state index in [0.29, 0.717) is 0 Å². The van der Waals surface area contributed by atoms with Gasteiger partial charge >= 0.3 is 0 Å². The van der Waals surface area contributed by atoms with Crippen molar-refractivity contribution in [3.8, 4) is 0 Å². The number of benzene rings is 1. The zero-order chi connectivity index (χ0) is 14.0. The molecule has 1 saturated heterocycles. The third kappa shape index (κ3) is 5.64. The van der Waals surface area contributed by atoms with Crippen LogP contribution in [0.4, 0.5) is 0 Å². The van der Waals surface area contributed by atoms with E-state index in [-0.39, 0.29) is 0 Å². The van der Waals surface area contributed by atoms with Gasteiger partial charge in [0, 0.05) is 0 Å². The number of hydrogen-bond acceptors (Lipinski definition) is 2. The number of nitrogens with zero attached hydrogens (tertiary/aromatic N) is 1. The Hall–Kier alpha value is -0.860. The predicted molar refractivity (Wildman–Crippen MR) is 87.1 cm³/mol. The van der Waals surface area contributed by atoms with Crippen molar-refractivity contribution < 1.29 is 0 Å². The number of piperidine rings is 1. The van der Waals surface area contributed by atoms with Gasteiger partial charge in [-0.25, -0.2) is 0 Å². The minimum Gasteiger partial charge on any atom is -0.317 e. The molecule has 0 bridgehead atoms. The quantitative estimate of drug-likeness (QED) is 0.732. The molecule has 2 nitrogen and oxygen atoms in total. The van der Waals surface area contributed by atoms with Gasteiger partial charge in [0.25, 0.3) is 0 Å². The Balaban J connectivity index is 1.58. The fraction of sp³-hybridized carbons (Fsp3) is 0.667. The van der Waals surface area contributed by atoms with Crippen LogP contribution in [0.3, 0.4) is 0 Å². The van der Waals surface area contributed by atoms with Gasteiger partial charge in [0.2, 0.25) is 0 Å². The van der Waals surface area contributed by atoms with Gasteiger partial charge in [-0.05, 0) is 76.3 Å². The lowest BCUT2D eigenvalue weighted by Gasteiger charge is -2.32. The summed E-state index contributed by atoms with van der Waals surface area (Å²) in [5.41, 5.74) is 1.51. The van der Waals surface area contributed by atoms with E-state index in [4.69, 9.17) is 0 Å². The summed E-state index contributed by atoms with van der Waals surface area (Å²) in [4.78, 5) is 2.65. The van der Waals surface area contributed by atoms with Crippen molar-refractivity contribution in [2.24, 2.45) is 5.92 Å². The molecule has 20 heavy (non-hydrogen) atoms. The van der Waals surface area contributed by atoms with Crippen molar-refractivity contribution >= 4 is 0 Å². The number of likely N-dealkylation sites (tertiary alicyclic amines) is 1. The zero-order valence-corrected chi connectivity index (χ0v) is 13.0. The summed E-state index contributed by atoms with van der Waals surface area (Å²) in [7, 11) is 0. The van der Waals surface area contributed by atoms with E-state index in [1.807, 2.05) is 0 Å². The first-order chi connectivity index (χ1) is 9.88. The maximum Gasteiger partial charge on any atom is -0.000664 e. The van der Waals surface area contributed by atoms with Crippen LogP contribution in [0, 0.1) is 5.92 Å². The Kier molecular flexibility index (Phi) is 7.10. The van der Waals surface area contributed by atoms with E-state index in [0.717, 1.165) is 5.92 Å². The second kappa shape index (κ2) is 9.15. The standard InChI is InChI=1S/C18H30N2/c1-2-11-19-12-6-13-20-14-9-18(10-15-20)16-17-7-4-3-5-8-17/h3-5,7-8,18-19H,2,6,9-16H2,1H3. The van der Waals surface area contributed by atoms with Crippen LogP contribution in [0.5, 0.6) is 0 Å². The Morgan fingerprint density at radius 2 is 1.85 bits per heavy atom. The third-order valence-corrected chi connectivity index (χ3v) is 4.33. The molecule has 0 spiro atoms. The van der Waals surface area contributed by atoms with E-state index in [1.165, 1.54) is 70.4 Å². The molecule has 1 aliphatic heterocycles. The van der Waals surface area contributed by atoms with Gasteiger partial charge in [-0.15, -0.1) is 0 Å². The average molecular weight is 274 g/mol. The smallest absolute Gasteiger partial charge is 0.000664 e. The lowest BCUT2D eigenvalue weighted by molar-refractivity contribution is 0.182. The Morgan fingerprint density at radius 3 is 2.55 bits per heavy atom. The van der Waals surface area contributed by atoms with Gasteiger partial charge in [0.15, 0.2) is 0 Å². The van der Waals surface area contributed by atoms with Crippen LogP contribution in [-0.4, -0.2) is 37.6 Å². The molecule has 1 aromatic carbocycles. The first kappa shape index (κ1) is 15.5. The van der Waals surface area contributed by atoms with Crippen LogP contribution in [0.2, 0.25) is 0 Å². The highest BCUT2D eigenvalue weighted by atomic mass is 15.1. The van der Waals surface area contributed by atoms with E-state index in [9.17, 15) is 0 Å². The molecule has 1 aromatic rings. The van der Waals surface area contributed by atoms with Crippen molar-refractivity contribution in [1.82, 2.24) is 10.2 Å². The highest BCUT2D eigenvalue weighted by Gasteiger charge is 2.18. The fourth-order valence-electron chi connectivity index (χ4n) is 3.09. The minimum atomic E-state index is 0.895. The van der Waals surface area contributed by atoms with E-state index in [2.05, 4.69) is 47.5 Å². The zero-order valence-electron chi connectivity index (χ0n) is 13.0. The molecule has 0 radical (unpaired) electrons. The van der Waals surface area contributed by atoms with Crippen LogP contribution in [-0.2, 0) is 6.42 Å². The molecule has 0 aromatic heterocycles. The summed E-state index contributed by atoms with van der Waals surface area (Å²) in [6.07, 6.45) is 6.55. The van der Waals surface area contributed by atoms with Crippen molar-refractivity contribution in [3.05, 3.63) is 35.9 Å². The monoisotopic (exact) mass is 274 g/mol. The molecule has 0 aliphatic carbocycles. The van der Waals surface area contributed by atoms with Gasteiger partial charge in [-0.2, -0.15) is 0 Å². The van der Waals surface area contributed by atoms with Crippen molar-refractivity contribution in [2.75, 3.05) is 32.7 Å². The summed E-state index contributed by atoms with van der Waals surface area (Å²) < 4.78 is 0. The summed E-state index contributed by atoms with van der Waals surface area (Å²) in [5.74, 6) is 0.895. The van der Waals surface area contributed by atoms with Crippen LogP contribution in [0.1, 0.15) is 38.2 Å². The highest BCUT2D eigenvalue weighted by molar-refractivity contribution is 5.15. The van der Waals surface area contributed by atoms with Crippen molar-refractivity contribution in [3.63, 3.8) is 0 Å². The topological polar surface area (TPSA) is 15.3 Å². The average Bonchev–Trinajstić information content (AvgIpc) is 2.50. The summed E-state index contributed by atoms with van der Waals surface area (Å²) in [6.45, 7) is 8.44. The number of rotatable bonds is 8. The van der Waals surface area contributed by atoms with Gasteiger partial charge < -0.3 is 10.2 Å². The molecular weight excluding hydrogens is 244 g/mol. The van der Waals surface area contributed by atoms with Crippen molar-refractivity contribution in [2.45, 2.75) is 39.0 Å². The third-order valence-electron chi connectivity index (χ3n) is 4.33. The summed E-state index contributed by atoms with van der Waals surface area (Å²) in [6, 6.07) is 11.0. The van der Waals surface area contributed by atoms with Gasteiger partial charge in [-0.1, -0.05) is 37.3 Å². The number of nitrogens with one attached hydrogen (secondary N) is 1. The molecule has 0 amide bonds. The molecule has 1 fully saturated rings. The highest BCUT2D eigenvalue weighted by Crippen LogP contribution is 2.21. The Bertz CT molecular complexity index is 342.